The normalized spacial score (nSPS) is 28.6. The van der Waals surface area contributed by atoms with Gasteiger partial charge < -0.3 is 10.1 Å². The Labute approximate surface area is 189 Å². The molecule has 3 fully saturated rings. The number of fused-ring (bicyclic) bond motifs is 4. The number of nitrogens with zero attached hydrogens (tertiary/aromatic N) is 1. The standard InChI is InChI=1S/C26H31ClN2O2/c1-26(2)12-9-18-3-4-20(17-5-7-21(27)8-6-17)15-22(18)24(26)28-25(30)31-23-16-29-13-10-19(23)11-14-29/h3-8,15,19,23-24H,9-14,16H2,1-2H3,(H,28,30)/t23-,24?/m0/s1. The third kappa shape index (κ3) is 4.20. The van der Waals surface area contributed by atoms with Crippen LogP contribution in [0, 0.1) is 11.3 Å². The number of hydrogen-bond donors (Lipinski definition) is 1. The highest BCUT2D eigenvalue weighted by Crippen LogP contribution is 2.44. The van der Waals surface area contributed by atoms with E-state index >= 15 is 0 Å². The first-order valence-corrected chi connectivity index (χ1v) is 11.9. The summed E-state index contributed by atoms with van der Waals surface area (Å²) in [6.07, 6.45) is 4.08. The molecule has 4 aliphatic rings. The van der Waals surface area contributed by atoms with E-state index in [1.54, 1.807) is 0 Å². The first kappa shape index (κ1) is 20.8. The Morgan fingerprint density at radius 1 is 1.10 bits per heavy atom. The van der Waals surface area contributed by atoms with Gasteiger partial charge >= 0.3 is 6.09 Å². The highest BCUT2D eigenvalue weighted by Gasteiger charge is 2.40. The second-order valence-electron chi connectivity index (χ2n) is 10.1. The Kier molecular flexibility index (Phi) is 5.47. The molecular weight excluding hydrogens is 408 g/mol. The van der Waals surface area contributed by atoms with Crippen molar-refractivity contribution in [2.45, 2.75) is 51.7 Å². The van der Waals surface area contributed by atoms with Gasteiger partial charge in [0.15, 0.2) is 0 Å². The van der Waals surface area contributed by atoms with Crippen LogP contribution in [-0.2, 0) is 11.2 Å². The average molecular weight is 439 g/mol. The molecule has 6 rings (SSSR count). The van der Waals surface area contributed by atoms with E-state index in [1.165, 1.54) is 11.1 Å². The van der Waals surface area contributed by atoms with E-state index in [1.807, 2.05) is 24.3 Å². The van der Waals surface area contributed by atoms with E-state index in [0.717, 1.165) is 61.5 Å². The molecule has 2 atom stereocenters. The average Bonchev–Trinajstić information content (AvgIpc) is 2.77. The summed E-state index contributed by atoms with van der Waals surface area (Å²) in [5.74, 6) is 0.513. The second-order valence-corrected chi connectivity index (χ2v) is 10.5. The molecule has 5 heteroatoms. The van der Waals surface area contributed by atoms with Gasteiger partial charge in [-0.05, 0) is 90.6 Å². The molecule has 2 aromatic carbocycles. The van der Waals surface area contributed by atoms with Crippen molar-refractivity contribution in [1.29, 1.82) is 0 Å². The number of carbonyl (C=O) groups is 1. The van der Waals surface area contributed by atoms with Crippen LogP contribution in [0.15, 0.2) is 42.5 Å². The molecule has 1 unspecified atom stereocenters. The van der Waals surface area contributed by atoms with Crippen LogP contribution >= 0.6 is 11.6 Å². The van der Waals surface area contributed by atoms with Gasteiger partial charge in [-0.2, -0.15) is 0 Å². The zero-order chi connectivity index (χ0) is 21.6. The van der Waals surface area contributed by atoms with Crippen LogP contribution in [0.25, 0.3) is 11.1 Å². The smallest absolute Gasteiger partial charge is 0.407 e. The molecule has 0 spiro atoms. The molecule has 0 saturated carbocycles. The molecule has 1 amide bonds. The molecule has 31 heavy (non-hydrogen) atoms. The van der Waals surface area contributed by atoms with Crippen LogP contribution in [0.2, 0.25) is 5.02 Å². The summed E-state index contributed by atoms with van der Waals surface area (Å²) in [5, 5.41) is 3.99. The fraction of sp³-hybridized carbons (Fsp3) is 0.500. The SMILES string of the molecule is CC1(C)CCc2ccc(-c3ccc(Cl)cc3)cc2C1NC(=O)O[C@H]1CN2CCC1CC2. The van der Waals surface area contributed by atoms with Crippen LogP contribution in [0.4, 0.5) is 4.79 Å². The number of benzene rings is 2. The monoisotopic (exact) mass is 438 g/mol. The Balaban J connectivity index is 1.38. The third-order valence-electron chi connectivity index (χ3n) is 7.57. The highest BCUT2D eigenvalue weighted by molar-refractivity contribution is 6.30. The minimum absolute atomic E-state index is 0.0223. The molecule has 164 valence electrons. The first-order valence-electron chi connectivity index (χ1n) is 11.5. The number of halogens is 1. The lowest BCUT2D eigenvalue weighted by atomic mass is 9.70. The van der Waals surface area contributed by atoms with Gasteiger partial charge in [-0.15, -0.1) is 0 Å². The lowest BCUT2D eigenvalue weighted by Crippen LogP contribution is -2.53. The summed E-state index contributed by atoms with van der Waals surface area (Å²) < 4.78 is 5.96. The molecule has 4 nitrogen and oxygen atoms in total. The number of amides is 1. The molecule has 3 saturated heterocycles. The number of aryl methyl sites for hydroxylation is 1. The van der Waals surface area contributed by atoms with Crippen LogP contribution in [0.3, 0.4) is 0 Å². The molecule has 2 bridgehead atoms. The number of carbonyl (C=O) groups excluding carboxylic acids is 1. The summed E-state index contributed by atoms with van der Waals surface area (Å²) in [6, 6.07) is 14.5. The Hall–Kier alpha value is -2.04. The number of hydrogen-bond acceptors (Lipinski definition) is 3. The van der Waals surface area contributed by atoms with E-state index in [-0.39, 0.29) is 23.7 Å². The maximum Gasteiger partial charge on any atom is 0.407 e. The van der Waals surface area contributed by atoms with Crippen molar-refractivity contribution in [3.05, 3.63) is 58.6 Å². The van der Waals surface area contributed by atoms with Crippen LogP contribution in [-0.4, -0.2) is 36.7 Å². The molecule has 1 N–H and O–H groups in total. The lowest BCUT2D eigenvalue weighted by Gasteiger charge is -2.44. The molecule has 0 aromatic heterocycles. The van der Waals surface area contributed by atoms with Crippen molar-refractivity contribution in [2.75, 3.05) is 19.6 Å². The molecular formula is C26H31ClN2O2. The van der Waals surface area contributed by atoms with Crippen LogP contribution < -0.4 is 5.32 Å². The summed E-state index contributed by atoms with van der Waals surface area (Å²) in [5.41, 5.74) is 4.74. The predicted octanol–water partition coefficient (Wildman–Crippen LogP) is 5.84. The van der Waals surface area contributed by atoms with Gasteiger partial charge in [0.2, 0.25) is 0 Å². The highest BCUT2D eigenvalue weighted by atomic mass is 35.5. The summed E-state index contributed by atoms with van der Waals surface area (Å²) in [6.45, 7) is 7.64. The fourth-order valence-corrected chi connectivity index (χ4v) is 5.67. The van der Waals surface area contributed by atoms with E-state index in [9.17, 15) is 4.79 Å². The number of nitrogens with one attached hydrogen (secondary N) is 1. The van der Waals surface area contributed by atoms with Crippen molar-refractivity contribution in [1.82, 2.24) is 10.2 Å². The Bertz CT molecular complexity index is 964. The predicted molar refractivity (Wildman–Crippen MR) is 124 cm³/mol. The van der Waals surface area contributed by atoms with Gasteiger partial charge in [0.1, 0.15) is 6.10 Å². The van der Waals surface area contributed by atoms with Crippen molar-refractivity contribution in [2.24, 2.45) is 11.3 Å². The first-order chi connectivity index (χ1) is 14.9. The zero-order valence-corrected chi connectivity index (χ0v) is 19.1. The molecule has 3 aliphatic heterocycles. The van der Waals surface area contributed by atoms with Gasteiger partial charge in [-0.1, -0.05) is 49.7 Å². The molecule has 2 aromatic rings. The van der Waals surface area contributed by atoms with E-state index in [0.29, 0.717) is 5.92 Å². The van der Waals surface area contributed by atoms with Gasteiger partial charge in [-0.25, -0.2) is 4.79 Å². The van der Waals surface area contributed by atoms with Crippen molar-refractivity contribution >= 4 is 17.7 Å². The van der Waals surface area contributed by atoms with Gasteiger partial charge in [0.25, 0.3) is 0 Å². The number of alkyl carbamates (subject to hydrolysis) is 1. The minimum atomic E-state index is -0.276. The van der Waals surface area contributed by atoms with Crippen LogP contribution in [0.5, 0.6) is 0 Å². The molecule has 0 radical (unpaired) electrons. The van der Waals surface area contributed by atoms with E-state index in [4.69, 9.17) is 16.3 Å². The summed E-state index contributed by atoms with van der Waals surface area (Å²) in [7, 11) is 0. The minimum Gasteiger partial charge on any atom is -0.445 e. The molecule has 1 aliphatic carbocycles. The van der Waals surface area contributed by atoms with Gasteiger partial charge in [0, 0.05) is 11.6 Å². The maximum absolute atomic E-state index is 13.0. The summed E-state index contributed by atoms with van der Waals surface area (Å²) in [4.78, 5) is 15.4. The topological polar surface area (TPSA) is 41.6 Å². The number of piperidine rings is 3. The quantitative estimate of drug-likeness (QED) is 0.654. The van der Waals surface area contributed by atoms with Gasteiger partial charge in [-0.3, -0.25) is 4.90 Å². The van der Waals surface area contributed by atoms with Crippen molar-refractivity contribution in [3.63, 3.8) is 0 Å². The number of rotatable bonds is 3. The molecule has 3 heterocycles. The van der Waals surface area contributed by atoms with Crippen molar-refractivity contribution in [3.8, 4) is 11.1 Å². The van der Waals surface area contributed by atoms with E-state index in [2.05, 4.69) is 42.3 Å². The summed E-state index contributed by atoms with van der Waals surface area (Å²) >= 11 is 6.07. The van der Waals surface area contributed by atoms with E-state index < -0.39 is 0 Å². The number of ether oxygens (including phenoxy) is 1. The fourth-order valence-electron chi connectivity index (χ4n) is 5.54. The maximum atomic E-state index is 13.0. The Morgan fingerprint density at radius 3 is 2.48 bits per heavy atom. The van der Waals surface area contributed by atoms with Crippen molar-refractivity contribution < 1.29 is 9.53 Å². The second kappa shape index (κ2) is 8.14. The lowest BCUT2D eigenvalue weighted by molar-refractivity contribution is -0.0353. The Morgan fingerprint density at radius 2 is 1.81 bits per heavy atom. The van der Waals surface area contributed by atoms with Crippen LogP contribution in [0.1, 0.15) is 50.3 Å². The van der Waals surface area contributed by atoms with Gasteiger partial charge in [0.05, 0.1) is 6.04 Å². The zero-order valence-electron chi connectivity index (χ0n) is 18.4. The third-order valence-corrected chi connectivity index (χ3v) is 7.82. The largest absolute Gasteiger partial charge is 0.445 e.